The molecule has 8 heteroatoms. The van der Waals surface area contributed by atoms with Crippen LogP contribution in [0.25, 0.3) is 10.9 Å². The second-order valence-corrected chi connectivity index (χ2v) is 4.69. The van der Waals surface area contributed by atoms with Crippen LogP contribution in [0.15, 0.2) is 34.9 Å². The first-order valence-corrected chi connectivity index (χ1v) is 6.16. The molecule has 0 saturated heterocycles. The maximum absolute atomic E-state index is 12.2. The van der Waals surface area contributed by atoms with E-state index < -0.39 is 12.1 Å². The molecule has 0 fully saturated rings. The number of hydrogen-bond acceptors (Lipinski definition) is 4. The van der Waals surface area contributed by atoms with Crippen LogP contribution >= 0.6 is 15.9 Å². The van der Waals surface area contributed by atoms with E-state index in [0.29, 0.717) is 21.1 Å². The van der Waals surface area contributed by atoms with E-state index in [2.05, 4.69) is 25.8 Å². The number of carbonyl (C=O) groups is 1. The quantitative estimate of drug-likeness (QED) is 0.779. The Morgan fingerprint density at radius 2 is 2.05 bits per heavy atom. The zero-order chi connectivity index (χ0) is 14.9. The summed E-state index contributed by atoms with van der Waals surface area (Å²) in [5.74, 6) is -2.28. The number of pyridine rings is 1. The van der Waals surface area contributed by atoms with Gasteiger partial charge in [0.2, 0.25) is 0 Å². The first-order chi connectivity index (χ1) is 9.30. The molecule has 0 amide bonds. The number of carbonyl (C=O) groups excluding carboxylic acids is 1. The Bertz CT molecular complexity index is 661. The molecule has 0 aliphatic carbocycles. The number of rotatable bonds is 2. The number of halogens is 4. The van der Waals surface area contributed by atoms with Crippen LogP contribution in [0.2, 0.25) is 0 Å². The minimum absolute atomic E-state index is 0.300. The van der Waals surface area contributed by atoms with E-state index in [9.17, 15) is 18.0 Å². The van der Waals surface area contributed by atoms with Crippen molar-refractivity contribution in [3.63, 3.8) is 0 Å². The summed E-state index contributed by atoms with van der Waals surface area (Å²) in [7, 11) is 1.22. The van der Waals surface area contributed by atoms with Gasteiger partial charge in [-0.1, -0.05) is 12.1 Å². The highest BCUT2D eigenvalue weighted by atomic mass is 79.9. The van der Waals surface area contributed by atoms with Gasteiger partial charge in [-0.25, -0.2) is 9.86 Å². The summed E-state index contributed by atoms with van der Waals surface area (Å²) >= 11 is 3.29. The Morgan fingerprint density at radius 1 is 1.35 bits per heavy atom. The number of nitrogens with zero attached hydrogens (tertiary/aromatic N) is 2. The Hall–Kier alpha value is -1.83. The summed E-state index contributed by atoms with van der Waals surface area (Å²) in [5, 5.41) is 1.33. The molecule has 0 aliphatic rings. The lowest BCUT2D eigenvalue weighted by atomic mass is 10.2. The van der Waals surface area contributed by atoms with Crippen molar-refractivity contribution in [3.8, 4) is 0 Å². The standard InChI is InChI=1S/C12H8BrF3N2O2/c1-18(20-11(19)12(14,15)16)9-5-6-17-10-7(9)3-2-4-8(10)13/h2-6H,1H3. The molecule has 1 aromatic carbocycles. The number of anilines is 1. The Labute approximate surface area is 120 Å². The minimum Gasteiger partial charge on any atom is -0.333 e. The Kier molecular flexibility index (Phi) is 3.85. The van der Waals surface area contributed by atoms with Gasteiger partial charge in [0.25, 0.3) is 0 Å². The molecule has 1 aromatic heterocycles. The van der Waals surface area contributed by atoms with E-state index in [1.54, 1.807) is 18.2 Å². The highest BCUT2D eigenvalue weighted by molar-refractivity contribution is 9.10. The first-order valence-electron chi connectivity index (χ1n) is 5.37. The third kappa shape index (κ3) is 2.84. The topological polar surface area (TPSA) is 42.4 Å². The van der Waals surface area contributed by atoms with E-state index in [0.717, 1.165) is 5.06 Å². The maximum atomic E-state index is 12.2. The van der Waals surface area contributed by atoms with Crippen LogP contribution in [0.3, 0.4) is 0 Å². The van der Waals surface area contributed by atoms with Gasteiger partial charge in [-0.05, 0) is 28.1 Å². The predicted octanol–water partition coefficient (Wildman–Crippen LogP) is 3.45. The first kappa shape index (κ1) is 14.6. The van der Waals surface area contributed by atoms with Crippen LogP contribution in [-0.4, -0.2) is 24.2 Å². The second-order valence-electron chi connectivity index (χ2n) is 3.84. The van der Waals surface area contributed by atoms with Crippen LogP contribution in [0.5, 0.6) is 0 Å². The number of aromatic nitrogens is 1. The van der Waals surface area contributed by atoms with Crippen molar-refractivity contribution in [1.82, 2.24) is 4.98 Å². The van der Waals surface area contributed by atoms with E-state index in [4.69, 9.17) is 0 Å². The zero-order valence-electron chi connectivity index (χ0n) is 10.1. The molecule has 20 heavy (non-hydrogen) atoms. The third-order valence-corrected chi connectivity index (χ3v) is 3.13. The van der Waals surface area contributed by atoms with Gasteiger partial charge in [-0.2, -0.15) is 13.2 Å². The van der Waals surface area contributed by atoms with Gasteiger partial charge in [0.1, 0.15) is 0 Å². The molecule has 0 atom stereocenters. The summed E-state index contributed by atoms with van der Waals surface area (Å²) in [5.41, 5.74) is 0.855. The lowest BCUT2D eigenvalue weighted by molar-refractivity contribution is -0.200. The van der Waals surface area contributed by atoms with E-state index in [1.165, 1.54) is 19.3 Å². The van der Waals surface area contributed by atoms with Gasteiger partial charge >= 0.3 is 12.1 Å². The summed E-state index contributed by atoms with van der Waals surface area (Å²) in [4.78, 5) is 19.2. The zero-order valence-corrected chi connectivity index (χ0v) is 11.7. The predicted molar refractivity (Wildman–Crippen MR) is 70.0 cm³/mol. The molecule has 0 radical (unpaired) electrons. The number of hydroxylamine groups is 1. The Morgan fingerprint density at radius 3 is 2.70 bits per heavy atom. The van der Waals surface area contributed by atoms with Crippen LogP contribution in [0, 0.1) is 0 Å². The number of para-hydroxylation sites is 1. The van der Waals surface area contributed by atoms with E-state index in [-0.39, 0.29) is 0 Å². The van der Waals surface area contributed by atoms with E-state index in [1.807, 2.05) is 0 Å². The smallest absolute Gasteiger partial charge is 0.333 e. The molecular formula is C12H8BrF3N2O2. The number of fused-ring (bicyclic) bond motifs is 1. The Balaban J connectivity index is 2.38. The van der Waals surface area contributed by atoms with Crippen LogP contribution in [0.4, 0.5) is 18.9 Å². The molecule has 106 valence electrons. The molecule has 0 saturated carbocycles. The summed E-state index contributed by atoms with van der Waals surface area (Å²) in [6, 6.07) is 6.58. The molecule has 0 N–H and O–H groups in total. The van der Waals surface area contributed by atoms with Gasteiger partial charge in [0, 0.05) is 23.1 Å². The fourth-order valence-corrected chi connectivity index (χ4v) is 2.09. The highest BCUT2D eigenvalue weighted by Gasteiger charge is 2.42. The highest BCUT2D eigenvalue weighted by Crippen LogP contribution is 2.30. The summed E-state index contributed by atoms with van der Waals surface area (Å²) < 4.78 is 37.2. The van der Waals surface area contributed by atoms with Crippen molar-refractivity contribution in [2.45, 2.75) is 6.18 Å². The van der Waals surface area contributed by atoms with Gasteiger partial charge in [-0.3, -0.25) is 4.98 Å². The molecule has 0 aliphatic heterocycles. The molecule has 0 unspecified atom stereocenters. The largest absolute Gasteiger partial charge is 0.493 e. The summed E-state index contributed by atoms with van der Waals surface area (Å²) in [6.07, 6.45) is -3.63. The molecular weight excluding hydrogens is 341 g/mol. The van der Waals surface area contributed by atoms with Crippen molar-refractivity contribution >= 4 is 38.5 Å². The number of benzene rings is 1. The molecule has 0 spiro atoms. The van der Waals surface area contributed by atoms with Gasteiger partial charge in [0.15, 0.2) is 0 Å². The molecule has 2 rings (SSSR count). The molecule has 1 heterocycles. The number of hydrogen-bond donors (Lipinski definition) is 0. The third-order valence-electron chi connectivity index (χ3n) is 2.49. The van der Waals surface area contributed by atoms with E-state index >= 15 is 0 Å². The normalized spacial score (nSPS) is 11.4. The van der Waals surface area contributed by atoms with Crippen molar-refractivity contribution < 1.29 is 22.8 Å². The van der Waals surface area contributed by atoms with Crippen molar-refractivity contribution in [3.05, 3.63) is 34.9 Å². The van der Waals surface area contributed by atoms with Crippen LogP contribution < -0.4 is 5.06 Å². The average Bonchev–Trinajstić information content (AvgIpc) is 2.37. The van der Waals surface area contributed by atoms with Crippen molar-refractivity contribution in [1.29, 1.82) is 0 Å². The summed E-state index contributed by atoms with van der Waals surface area (Å²) in [6.45, 7) is 0. The van der Waals surface area contributed by atoms with Crippen molar-refractivity contribution in [2.24, 2.45) is 0 Å². The minimum atomic E-state index is -5.04. The van der Waals surface area contributed by atoms with Crippen LogP contribution in [0.1, 0.15) is 0 Å². The van der Waals surface area contributed by atoms with Gasteiger partial charge in [-0.15, -0.1) is 0 Å². The molecule has 2 aromatic rings. The average molecular weight is 349 g/mol. The maximum Gasteiger partial charge on any atom is 0.493 e. The fourth-order valence-electron chi connectivity index (χ4n) is 1.63. The molecule has 0 bridgehead atoms. The fraction of sp³-hybridized carbons (Fsp3) is 0.167. The SMILES string of the molecule is CN(OC(=O)C(F)(F)F)c1ccnc2c(Br)cccc12. The monoisotopic (exact) mass is 348 g/mol. The lowest BCUT2D eigenvalue weighted by Crippen LogP contribution is -2.32. The molecule has 4 nitrogen and oxygen atoms in total. The second kappa shape index (κ2) is 5.28. The van der Waals surface area contributed by atoms with Crippen molar-refractivity contribution in [2.75, 3.05) is 12.1 Å². The van der Waals surface area contributed by atoms with Crippen LogP contribution in [-0.2, 0) is 9.63 Å². The number of alkyl halides is 3. The van der Waals surface area contributed by atoms with Gasteiger partial charge < -0.3 is 4.84 Å². The lowest BCUT2D eigenvalue weighted by Gasteiger charge is -2.20. The van der Waals surface area contributed by atoms with Gasteiger partial charge in [0.05, 0.1) is 11.2 Å².